The van der Waals surface area contributed by atoms with Crippen LogP contribution in [-0.4, -0.2) is 70.9 Å². The van der Waals surface area contributed by atoms with Crippen LogP contribution in [0.1, 0.15) is 0 Å². The summed E-state index contributed by atoms with van der Waals surface area (Å²) in [6.07, 6.45) is 0. The number of rotatable bonds is 0. The van der Waals surface area contributed by atoms with Crippen LogP contribution in [0.4, 0.5) is 0 Å². The minimum absolute atomic E-state index is 1.40. The predicted octanol–water partition coefficient (Wildman–Crippen LogP) is -1.98. The Morgan fingerprint density at radius 3 is 1.29 bits per heavy atom. The molecule has 0 heterocycles. The van der Waals surface area contributed by atoms with Crippen molar-refractivity contribution < 1.29 is 0 Å². The molecule has 2 aromatic carbocycles. The van der Waals surface area contributed by atoms with Gasteiger partial charge in [0, 0.05) is 0 Å². The van der Waals surface area contributed by atoms with Gasteiger partial charge in [0.25, 0.3) is 0 Å². The third-order valence-electron chi connectivity index (χ3n) is 3.42. The van der Waals surface area contributed by atoms with Crippen LogP contribution in [0.3, 0.4) is 0 Å². The summed E-state index contributed by atoms with van der Waals surface area (Å²) >= 11 is 8.85. The zero-order valence-electron chi connectivity index (χ0n) is 9.31. The first kappa shape index (κ1) is 11.6. The molecule has 0 radical (unpaired) electrons. The molecular formula is C10H4Li4. The Morgan fingerprint density at radius 2 is 0.929 bits per heavy atom. The molecule has 0 fully saturated rings. The van der Waals surface area contributed by atoms with Gasteiger partial charge in [0.15, 0.2) is 0 Å². The fourth-order valence-corrected chi connectivity index (χ4v) is 2.10. The summed E-state index contributed by atoms with van der Waals surface area (Å²) in [5.74, 6) is 0. The maximum absolute atomic E-state index is 2.21. The summed E-state index contributed by atoms with van der Waals surface area (Å²) in [4.78, 5) is 0. The Morgan fingerprint density at radius 1 is 0.571 bits per heavy atom. The van der Waals surface area contributed by atoms with Gasteiger partial charge in [-0.05, 0) is 0 Å². The molecule has 2 aromatic rings. The number of hydrogen-bond acceptors (Lipinski definition) is 0. The molecule has 0 aromatic heterocycles. The van der Waals surface area contributed by atoms with E-state index in [-0.39, 0.29) is 0 Å². The van der Waals surface area contributed by atoms with Gasteiger partial charge in [-0.2, -0.15) is 0 Å². The number of hydrogen-bond donors (Lipinski definition) is 0. The van der Waals surface area contributed by atoms with Crippen LogP contribution >= 0.6 is 0 Å². The van der Waals surface area contributed by atoms with E-state index in [1.165, 1.54) is 27.7 Å². The van der Waals surface area contributed by atoms with Gasteiger partial charge < -0.3 is 0 Å². The van der Waals surface area contributed by atoms with E-state index in [9.17, 15) is 0 Å². The quantitative estimate of drug-likeness (QED) is 0.383. The molecule has 14 heavy (non-hydrogen) atoms. The average molecular weight is 152 g/mol. The standard InChI is InChI=1S/C10H4.4Li/c1-2-6-10-8-4-3-7-9(10)5-1;;;;/h1-2,5-6H;;;;. The molecule has 48 valence electrons. The van der Waals surface area contributed by atoms with E-state index in [2.05, 4.69) is 95.1 Å². The molecule has 2 rings (SSSR count). The van der Waals surface area contributed by atoms with Gasteiger partial charge in [-0.25, -0.2) is 0 Å². The van der Waals surface area contributed by atoms with Gasteiger partial charge in [-0.1, -0.05) is 0 Å². The molecule has 0 bridgehead atoms. The molecule has 0 aliphatic heterocycles. The van der Waals surface area contributed by atoms with Crippen molar-refractivity contribution >= 4 is 98.6 Å². The Kier molecular flexibility index (Phi) is 3.74. The molecule has 4 heteroatoms. The van der Waals surface area contributed by atoms with E-state index in [4.69, 9.17) is 0 Å². The van der Waals surface area contributed by atoms with Crippen molar-refractivity contribution in [3.63, 3.8) is 0 Å². The molecule has 0 aliphatic rings. The van der Waals surface area contributed by atoms with Crippen LogP contribution in [0.5, 0.6) is 0 Å². The summed E-state index contributed by atoms with van der Waals surface area (Å²) in [6, 6.07) is 8.65. The van der Waals surface area contributed by atoms with Gasteiger partial charge >= 0.3 is 123 Å². The second-order valence-electron chi connectivity index (χ2n) is 4.05. The molecule has 0 spiro atoms. The third kappa shape index (κ3) is 1.86. The van der Waals surface area contributed by atoms with Gasteiger partial charge in [0.05, 0.1) is 0 Å². The first-order chi connectivity index (χ1) is 6.63. The van der Waals surface area contributed by atoms with Gasteiger partial charge in [0.1, 0.15) is 0 Å². The third-order valence-corrected chi connectivity index (χ3v) is 3.42. The Labute approximate surface area is 121 Å². The molecular weight excluding hydrogens is 148 g/mol. The van der Waals surface area contributed by atoms with Crippen molar-refractivity contribution in [3.8, 4) is 0 Å². The SMILES string of the molecule is [Li][c]1[c]([Li])[c]([Li])c2ccccc2[c]1[Li]. The van der Waals surface area contributed by atoms with Crippen LogP contribution in [0, 0.1) is 0 Å². The Balaban J connectivity index is 3.02. The van der Waals surface area contributed by atoms with Crippen molar-refractivity contribution in [2.75, 3.05) is 0 Å². The zero-order valence-corrected chi connectivity index (χ0v) is 9.31. The first-order valence-corrected chi connectivity index (χ1v) is 5.08. The fraction of sp³-hybridized carbons (Fsp3) is 0. The molecule has 0 atom stereocenters. The summed E-state index contributed by atoms with van der Waals surface area (Å²) in [6.45, 7) is 0. The molecule has 0 unspecified atom stereocenters. The summed E-state index contributed by atoms with van der Waals surface area (Å²) in [5, 5.41) is 2.79. The molecule has 0 saturated carbocycles. The summed E-state index contributed by atoms with van der Waals surface area (Å²) < 4.78 is 5.70. The Bertz CT molecular complexity index is 458. The molecule has 0 N–H and O–H groups in total. The van der Waals surface area contributed by atoms with Crippen molar-refractivity contribution in [1.82, 2.24) is 0 Å². The zero-order chi connectivity index (χ0) is 10.3. The van der Waals surface area contributed by atoms with E-state index in [1.807, 2.05) is 0 Å². The van der Waals surface area contributed by atoms with Crippen LogP contribution in [0.2, 0.25) is 0 Å². The van der Waals surface area contributed by atoms with Gasteiger partial charge in [0.2, 0.25) is 0 Å². The van der Waals surface area contributed by atoms with Crippen LogP contribution in [0.15, 0.2) is 24.3 Å². The Hall–Kier alpha value is 1.09. The normalized spacial score (nSPS) is 11.1. The van der Waals surface area contributed by atoms with Crippen molar-refractivity contribution in [2.45, 2.75) is 0 Å². The van der Waals surface area contributed by atoms with Crippen LogP contribution < -0.4 is 16.9 Å². The number of benzene rings is 2. The maximum atomic E-state index is 2.21. The summed E-state index contributed by atoms with van der Waals surface area (Å²) in [5.41, 5.74) is 0. The van der Waals surface area contributed by atoms with E-state index in [0.717, 1.165) is 0 Å². The molecule has 0 amide bonds. The molecule has 0 nitrogen and oxygen atoms in total. The summed E-state index contributed by atoms with van der Waals surface area (Å²) in [7, 11) is 0. The van der Waals surface area contributed by atoms with Gasteiger partial charge in [-0.15, -0.1) is 0 Å². The minimum atomic E-state index is 1.40. The molecule has 0 aliphatic carbocycles. The molecule has 0 saturated heterocycles. The van der Waals surface area contributed by atoms with Crippen molar-refractivity contribution in [2.24, 2.45) is 0 Å². The second-order valence-corrected chi connectivity index (χ2v) is 4.05. The van der Waals surface area contributed by atoms with E-state index in [0.29, 0.717) is 0 Å². The van der Waals surface area contributed by atoms with E-state index >= 15 is 0 Å². The second kappa shape index (κ2) is 4.53. The van der Waals surface area contributed by atoms with Crippen LogP contribution in [-0.2, 0) is 0 Å². The van der Waals surface area contributed by atoms with Crippen molar-refractivity contribution in [1.29, 1.82) is 0 Å². The van der Waals surface area contributed by atoms with Crippen molar-refractivity contribution in [3.05, 3.63) is 24.3 Å². The van der Waals surface area contributed by atoms with Crippen LogP contribution in [0.25, 0.3) is 10.8 Å². The average Bonchev–Trinajstić information content (AvgIpc) is 2.23. The first-order valence-electron chi connectivity index (χ1n) is 5.08. The fourth-order valence-electron chi connectivity index (χ4n) is 2.10. The monoisotopic (exact) mass is 152 g/mol. The number of fused-ring (bicyclic) bond motifs is 1. The predicted molar refractivity (Wildman–Crippen MR) is 65.5 cm³/mol. The van der Waals surface area contributed by atoms with E-state index < -0.39 is 0 Å². The van der Waals surface area contributed by atoms with E-state index in [1.54, 1.807) is 0 Å². The van der Waals surface area contributed by atoms with Gasteiger partial charge in [-0.3, -0.25) is 0 Å². The topological polar surface area (TPSA) is 0 Å².